The molecule has 1 saturated heterocycles. The topological polar surface area (TPSA) is 67.1 Å². The number of nitrogens with one attached hydrogen (secondary N) is 1. The van der Waals surface area contributed by atoms with Crippen molar-refractivity contribution in [2.45, 2.75) is 38.9 Å². The normalized spacial score (nSPS) is 22.1. The minimum atomic E-state index is -4.21. The van der Waals surface area contributed by atoms with E-state index in [9.17, 15) is 13.2 Å². The summed E-state index contributed by atoms with van der Waals surface area (Å²) in [5.74, 6) is 4.56. The molecule has 3 N–H and O–H groups in total. The van der Waals surface area contributed by atoms with E-state index in [0.29, 0.717) is 18.1 Å². The summed E-state index contributed by atoms with van der Waals surface area (Å²) in [7, 11) is 0. The summed E-state index contributed by atoms with van der Waals surface area (Å²) in [6, 6.07) is 1.67. The molecule has 0 aliphatic carbocycles. The Morgan fingerprint density at radius 2 is 2.05 bits per heavy atom. The van der Waals surface area contributed by atoms with Crippen LogP contribution in [0, 0.1) is 12.8 Å². The van der Waals surface area contributed by atoms with Gasteiger partial charge in [0.2, 0.25) is 5.95 Å². The summed E-state index contributed by atoms with van der Waals surface area (Å²) >= 11 is 0. The van der Waals surface area contributed by atoms with Crippen LogP contribution < -0.4 is 16.2 Å². The van der Waals surface area contributed by atoms with Crippen molar-refractivity contribution in [1.29, 1.82) is 0 Å². The Morgan fingerprint density at radius 1 is 1.40 bits per heavy atom. The first kappa shape index (κ1) is 14.8. The zero-order chi connectivity index (χ0) is 15.1. The standard InChI is InChI=1S/C12H18F3N5/c1-7-6-9(18-10(17-7)19-16)20-5-4-8(11(20,2)3)12(13,14)15/h6,8H,4-5,16H2,1-3H3,(H,17,18,19). The van der Waals surface area contributed by atoms with Crippen LogP contribution in [-0.4, -0.2) is 28.2 Å². The van der Waals surface area contributed by atoms with Crippen molar-refractivity contribution in [1.82, 2.24) is 9.97 Å². The van der Waals surface area contributed by atoms with Gasteiger partial charge in [-0.15, -0.1) is 0 Å². The zero-order valence-electron chi connectivity index (χ0n) is 11.6. The predicted molar refractivity (Wildman–Crippen MR) is 70.2 cm³/mol. The molecule has 2 rings (SSSR count). The fraction of sp³-hybridized carbons (Fsp3) is 0.667. The van der Waals surface area contributed by atoms with Crippen LogP contribution in [0.5, 0.6) is 0 Å². The van der Waals surface area contributed by atoms with E-state index in [0.717, 1.165) is 0 Å². The van der Waals surface area contributed by atoms with Gasteiger partial charge in [-0.25, -0.2) is 10.8 Å². The van der Waals surface area contributed by atoms with Gasteiger partial charge < -0.3 is 4.90 Å². The molecule has 1 unspecified atom stereocenters. The third kappa shape index (κ3) is 2.52. The van der Waals surface area contributed by atoms with Gasteiger partial charge in [-0.1, -0.05) is 0 Å². The van der Waals surface area contributed by atoms with Crippen molar-refractivity contribution in [2.24, 2.45) is 11.8 Å². The van der Waals surface area contributed by atoms with Gasteiger partial charge in [0.05, 0.1) is 5.92 Å². The molecule has 1 fully saturated rings. The maximum atomic E-state index is 13.1. The summed E-state index contributed by atoms with van der Waals surface area (Å²) < 4.78 is 39.2. The van der Waals surface area contributed by atoms with Crippen molar-refractivity contribution in [2.75, 3.05) is 16.9 Å². The van der Waals surface area contributed by atoms with Gasteiger partial charge in [0, 0.05) is 23.8 Å². The Morgan fingerprint density at radius 3 is 2.55 bits per heavy atom. The lowest BCUT2D eigenvalue weighted by atomic mass is 9.88. The highest BCUT2D eigenvalue weighted by atomic mass is 19.4. The number of nitrogens with zero attached hydrogens (tertiary/aromatic N) is 3. The minimum Gasteiger partial charge on any atom is -0.351 e. The fourth-order valence-electron chi connectivity index (χ4n) is 2.82. The average Bonchev–Trinajstić information content (AvgIpc) is 2.63. The summed E-state index contributed by atoms with van der Waals surface area (Å²) in [6.07, 6.45) is -4.15. The number of nitrogens with two attached hydrogens (primary N) is 1. The molecule has 1 aromatic heterocycles. The first-order valence-electron chi connectivity index (χ1n) is 6.33. The quantitative estimate of drug-likeness (QED) is 0.645. The number of hydrogen-bond acceptors (Lipinski definition) is 5. The lowest BCUT2D eigenvalue weighted by molar-refractivity contribution is -0.183. The Balaban J connectivity index is 2.37. The highest BCUT2D eigenvalue weighted by Crippen LogP contribution is 2.46. The van der Waals surface area contributed by atoms with Gasteiger partial charge in [-0.05, 0) is 27.2 Å². The van der Waals surface area contributed by atoms with Crippen LogP contribution >= 0.6 is 0 Å². The molecule has 0 saturated carbocycles. The van der Waals surface area contributed by atoms with Gasteiger partial charge in [0.15, 0.2) is 0 Å². The molecule has 0 bridgehead atoms. The molecule has 1 aromatic rings. The minimum absolute atomic E-state index is 0.0605. The van der Waals surface area contributed by atoms with Crippen molar-refractivity contribution in [3.63, 3.8) is 0 Å². The van der Waals surface area contributed by atoms with Gasteiger partial charge in [0.25, 0.3) is 0 Å². The SMILES string of the molecule is Cc1cc(N2CCC(C(F)(F)F)C2(C)C)nc(NN)n1. The summed E-state index contributed by atoms with van der Waals surface area (Å²) in [5, 5.41) is 0. The summed E-state index contributed by atoms with van der Waals surface area (Å²) in [6.45, 7) is 5.23. The number of nitrogen functional groups attached to an aromatic ring is 1. The van der Waals surface area contributed by atoms with E-state index >= 15 is 0 Å². The van der Waals surface area contributed by atoms with E-state index in [1.807, 2.05) is 0 Å². The van der Waals surface area contributed by atoms with Crippen LogP contribution in [0.25, 0.3) is 0 Å². The van der Waals surface area contributed by atoms with E-state index in [-0.39, 0.29) is 12.4 Å². The summed E-state index contributed by atoms with van der Waals surface area (Å²) in [4.78, 5) is 9.87. The predicted octanol–water partition coefficient (Wildman–Crippen LogP) is 2.24. The van der Waals surface area contributed by atoms with E-state index in [4.69, 9.17) is 5.84 Å². The summed E-state index contributed by atoms with van der Waals surface area (Å²) in [5.41, 5.74) is 1.93. The molecular formula is C12H18F3N5. The number of aromatic nitrogens is 2. The number of alkyl halides is 3. The molecule has 8 heteroatoms. The van der Waals surface area contributed by atoms with Gasteiger partial charge in [0.1, 0.15) is 5.82 Å². The Labute approximate surface area is 115 Å². The molecule has 2 heterocycles. The van der Waals surface area contributed by atoms with Crippen LogP contribution in [0.2, 0.25) is 0 Å². The number of rotatable bonds is 2. The molecule has 1 atom stereocenters. The molecule has 0 aromatic carbocycles. The zero-order valence-corrected chi connectivity index (χ0v) is 11.6. The maximum absolute atomic E-state index is 13.1. The number of halogens is 3. The van der Waals surface area contributed by atoms with Crippen LogP contribution in [0.3, 0.4) is 0 Å². The van der Waals surface area contributed by atoms with E-state index in [2.05, 4.69) is 15.4 Å². The lowest BCUT2D eigenvalue weighted by Crippen LogP contribution is -2.47. The number of hydrazine groups is 1. The van der Waals surface area contributed by atoms with Crippen LogP contribution in [0.4, 0.5) is 24.9 Å². The van der Waals surface area contributed by atoms with E-state index in [1.165, 1.54) is 0 Å². The largest absolute Gasteiger partial charge is 0.394 e. The second-order valence-corrected chi connectivity index (χ2v) is 5.52. The molecule has 112 valence electrons. The smallest absolute Gasteiger partial charge is 0.351 e. The molecule has 5 nitrogen and oxygen atoms in total. The van der Waals surface area contributed by atoms with E-state index in [1.54, 1.807) is 31.7 Å². The van der Waals surface area contributed by atoms with Crippen LogP contribution in [-0.2, 0) is 0 Å². The molecule has 0 spiro atoms. The van der Waals surface area contributed by atoms with Gasteiger partial charge in [-0.3, -0.25) is 5.43 Å². The molecule has 0 amide bonds. The van der Waals surface area contributed by atoms with Crippen molar-refractivity contribution in [3.8, 4) is 0 Å². The Bertz CT molecular complexity index is 500. The highest BCUT2D eigenvalue weighted by molar-refractivity contribution is 5.48. The molecule has 0 radical (unpaired) electrons. The van der Waals surface area contributed by atoms with Gasteiger partial charge in [-0.2, -0.15) is 18.2 Å². The second kappa shape index (κ2) is 4.76. The average molecular weight is 289 g/mol. The first-order valence-corrected chi connectivity index (χ1v) is 6.33. The lowest BCUT2D eigenvalue weighted by Gasteiger charge is -2.37. The van der Waals surface area contributed by atoms with Crippen molar-refractivity contribution < 1.29 is 13.2 Å². The van der Waals surface area contributed by atoms with Crippen molar-refractivity contribution >= 4 is 11.8 Å². The molecule has 1 aliphatic rings. The first-order chi connectivity index (χ1) is 9.16. The highest BCUT2D eigenvalue weighted by Gasteiger charge is 2.55. The number of aryl methyl sites for hydroxylation is 1. The Kier molecular flexibility index (Phi) is 3.53. The monoisotopic (exact) mass is 289 g/mol. The molecule has 1 aliphatic heterocycles. The number of anilines is 2. The number of hydrogen-bond donors (Lipinski definition) is 2. The third-order valence-electron chi connectivity index (χ3n) is 3.83. The van der Waals surface area contributed by atoms with E-state index < -0.39 is 17.6 Å². The molecule has 20 heavy (non-hydrogen) atoms. The van der Waals surface area contributed by atoms with Crippen molar-refractivity contribution in [3.05, 3.63) is 11.8 Å². The third-order valence-corrected chi connectivity index (χ3v) is 3.83. The second-order valence-electron chi connectivity index (χ2n) is 5.52. The maximum Gasteiger partial charge on any atom is 0.394 e. The van der Waals surface area contributed by atoms with Gasteiger partial charge >= 0.3 is 6.18 Å². The van der Waals surface area contributed by atoms with Crippen LogP contribution in [0.15, 0.2) is 6.07 Å². The van der Waals surface area contributed by atoms with Crippen LogP contribution in [0.1, 0.15) is 26.0 Å². The Hall–Kier alpha value is -1.57. The fourth-order valence-corrected chi connectivity index (χ4v) is 2.82. The molecular weight excluding hydrogens is 271 g/mol.